The van der Waals surface area contributed by atoms with Gasteiger partial charge in [0.15, 0.2) is 0 Å². The van der Waals surface area contributed by atoms with Gasteiger partial charge in [-0.05, 0) is 18.6 Å². The standard InChI is InChI=1S/C9H9NO3S/c1-6-3-2-4-7-9(6)10-5-8(11)14(7,12)13/h2-4,10H,5H2,1H3. The van der Waals surface area contributed by atoms with Crippen LogP contribution in [-0.2, 0) is 14.6 Å². The number of nitrogens with one attached hydrogen (secondary N) is 1. The fourth-order valence-corrected chi connectivity index (χ4v) is 2.74. The smallest absolute Gasteiger partial charge is 0.270 e. The zero-order valence-corrected chi connectivity index (χ0v) is 8.39. The zero-order chi connectivity index (χ0) is 10.3. The van der Waals surface area contributed by atoms with Crippen LogP contribution in [0.1, 0.15) is 5.56 Å². The van der Waals surface area contributed by atoms with Gasteiger partial charge >= 0.3 is 0 Å². The Labute approximate surface area is 81.9 Å². The molecule has 0 unspecified atom stereocenters. The van der Waals surface area contributed by atoms with Gasteiger partial charge in [0, 0.05) is 0 Å². The van der Waals surface area contributed by atoms with Crippen LogP contribution in [-0.4, -0.2) is 20.1 Å². The lowest BCUT2D eigenvalue weighted by molar-refractivity contribution is -0.110. The van der Waals surface area contributed by atoms with E-state index in [0.717, 1.165) is 5.56 Å². The predicted molar refractivity (Wildman–Crippen MR) is 51.9 cm³/mol. The van der Waals surface area contributed by atoms with E-state index in [0.29, 0.717) is 5.69 Å². The summed E-state index contributed by atoms with van der Waals surface area (Å²) in [6, 6.07) is 4.88. The molecule has 0 bridgehead atoms. The monoisotopic (exact) mass is 211 g/mol. The van der Waals surface area contributed by atoms with Crippen LogP contribution in [0.15, 0.2) is 23.1 Å². The molecule has 1 aromatic rings. The maximum Gasteiger partial charge on any atom is 0.270 e. The first-order chi connectivity index (χ1) is 6.53. The fraction of sp³-hybridized carbons (Fsp3) is 0.222. The van der Waals surface area contributed by atoms with E-state index < -0.39 is 15.0 Å². The molecule has 1 aliphatic rings. The summed E-state index contributed by atoms with van der Waals surface area (Å²) in [7, 11) is -3.74. The topological polar surface area (TPSA) is 63.2 Å². The van der Waals surface area contributed by atoms with Crippen LogP contribution in [0, 0.1) is 6.92 Å². The maximum absolute atomic E-state index is 11.6. The van der Waals surface area contributed by atoms with E-state index in [1.165, 1.54) is 6.07 Å². The summed E-state index contributed by atoms with van der Waals surface area (Å²) in [5, 5.41) is 2.04. The quantitative estimate of drug-likeness (QED) is 0.686. The van der Waals surface area contributed by atoms with Crippen LogP contribution in [0.5, 0.6) is 0 Å². The molecule has 0 radical (unpaired) electrons. The summed E-state index contributed by atoms with van der Waals surface area (Å²) in [6.07, 6.45) is 0. The molecule has 0 amide bonds. The Kier molecular flexibility index (Phi) is 1.85. The van der Waals surface area contributed by atoms with Crippen LogP contribution >= 0.6 is 0 Å². The molecule has 0 saturated heterocycles. The van der Waals surface area contributed by atoms with Crippen LogP contribution in [0.2, 0.25) is 0 Å². The van der Waals surface area contributed by atoms with Crippen LogP contribution < -0.4 is 5.32 Å². The van der Waals surface area contributed by atoms with Gasteiger partial charge in [-0.2, -0.15) is 0 Å². The number of rotatable bonds is 0. The van der Waals surface area contributed by atoms with Gasteiger partial charge in [0.05, 0.1) is 17.1 Å². The highest BCUT2D eigenvalue weighted by molar-refractivity contribution is 8.06. The summed E-state index contributed by atoms with van der Waals surface area (Å²) in [5.74, 6) is 0. The SMILES string of the molecule is Cc1cccc2c1NCC(=O)S2(=O)=O. The minimum Gasteiger partial charge on any atom is -0.376 e. The van der Waals surface area contributed by atoms with Gasteiger partial charge in [-0.3, -0.25) is 4.79 Å². The lowest BCUT2D eigenvalue weighted by Gasteiger charge is -2.18. The number of hydrogen-bond acceptors (Lipinski definition) is 4. The number of aryl methyl sites for hydroxylation is 1. The van der Waals surface area contributed by atoms with Gasteiger partial charge in [-0.15, -0.1) is 0 Å². The second kappa shape index (κ2) is 2.81. The normalized spacial score (nSPS) is 18.5. The van der Waals surface area contributed by atoms with Crippen molar-refractivity contribution in [3.63, 3.8) is 0 Å². The van der Waals surface area contributed by atoms with Crippen molar-refractivity contribution in [2.75, 3.05) is 11.9 Å². The lowest BCUT2D eigenvalue weighted by Crippen LogP contribution is -2.29. The van der Waals surface area contributed by atoms with E-state index >= 15 is 0 Å². The third kappa shape index (κ3) is 1.13. The number of fused-ring (bicyclic) bond motifs is 1. The molecule has 14 heavy (non-hydrogen) atoms. The minimum absolute atomic E-state index is 0.0914. The van der Waals surface area contributed by atoms with Crippen molar-refractivity contribution >= 4 is 20.6 Å². The molecule has 4 nitrogen and oxygen atoms in total. The second-order valence-electron chi connectivity index (χ2n) is 3.18. The van der Waals surface area contributed by atoms with E-state index in [4.69, 9.17) is 0 Å². The Morgan fingerprint density at radius 1 is 1.36 bits per heavy atom. The number of benzene rings is 1. The van der Waals surface area contributed by atoms with Crippen molar-refractivity contribution < 1.29 is 13.2 Å². The van der Waals surface area contributed by atoms with Gasteiger partial charge in [0.2, 0.25) is 9.84 Å². The third-order valence-electron chi connectivity index (χ3n) is 2.23. The van der Waals surface area contributed by atoms with Crippen molar-refractivity contribution in [2.45, 2.75) is 11.8 Å². The summed E-state index contributed by atoms with van der Waals surface area (Å²) >= 11 is 0. The molecule has 1 aliphatic heterocycles. The van der Waals surface area contributed by atoms with Crippen molar-refractivity contribution in [1.29, 1.82) is 0 Å². The molecule has 74 valence electrons. The molecule has 5 heteroatoms. The molecule has 0 aliphatic carbocycles. The van der Waals surface area contributed by atoms with Gasteiger partial charge in [-0.25, -0.2) is 8.42 Å². The molecule has 1 N–H and O–H groups in total. The molecule has 0 spiro atoms. The molecule has 1 heterocycles. The average Bonchev–Trinajstić information content (AvgIpc) is 2.13. The Bertz CT molecular complexity index is 505. The predicted octanol–water partition coefficient (Wildman–Crippen LogP) is 0.721. The summed E-state index contributed by atoms with van der Waals surface area (Å²) in [6.45, 7) is 1.66. The molecular weight excluding hydrogens is 202 g/mol. The molecule has 0 fully saturated rings. The van der Waals surface area contributed by atoms with Gasteiger partial charge in [0.1, 0.15) is 0 Å². The lowest BCUT2D eigenvalue weighted by atomic mass is 10.2. The fourth-order valence-electron chi connectivity index (χ4n) is 1.47. The van der Waals surface area contributed by atoms with Gasteiger partial charge < -0.3 is 5.32 Å². The van der Waals surface area contributed by atoms with Gasteiger partial charge in [-0.1, -0.05) is 12.1 Å². The van der Waals surface area contributed by atoms with E-state index in [1.54, 1.807) is 19.1 Å². The molecule has 0 atom stereocenters. The van der Waals surface area contributed by atoms with Crippen molar-refractivity contribution in [1.82, 2.24) is 0 Å². The highest BCUT2D eigenvalue weighted by atomic mass is 32.2. The van der Waals surface area contributed by atoms with E-state index in [9.17, 15) is 13.2 Å². The summed E-state index contributed by atoms with van der Waals surface area (Å²) in [5.41, 5.74) is 1.38. The van der Waals surface area contributed by atoms with Crippen LogP contribution in [0.25, 0.3) is 0 Å². The highest BCUT2D eigenvalue weighted by Gasteiger charge is 2.32. The van der Waals surface area contributed by atoms with Crippen molar-refractivity contribution in [3.05, 3.63) is 23.8 Å². The number of carbonyl (C=O) groups is 1. The molecule has 0 aromatic heterocycles. The third-order valence-corrected chi connectivity index (χ3v) is 3.90. The number of anilines is 1. The molecule has 0 saturated carbocycles. The first-order valence-corrected chi connectivity index (χ1v) is 5.63. The Balaban J connectivity index is 2.78. The van der Waals surface area contributed by atoms with E-state index in [2.05, 4.69) is 5.32 Å². The zero-order valence-electron chi connectivity index (χ0n) is 7.57. The molecule has 1 aromatic carbocycles. The molecule has 2 rings (SSSR count). The average molecular weight is 211 g/mol. The number of sulfone groups is 1. The highest BCUT2D eigenvalue weighted by Crippen LogP contribution is 2.29. The first kappa shape index (κ1) is 9.21. The largest absolute Gasteiger partial charge is 0.376 e. The maximum atomic E-state index is 11.6. The second-order valence-corrected chi connectivity index (χ2v) is 5.08. The number of hydrogen-bond donors (Lipinski definition) is 1. The van der Waals surface area contributed by atoms with Crippen LogP contribution in [0.4, 0.5) is 5.69 Å². The Hall–Kier alpha value is -1.36. The van der Waals surface area contributed by atoms with Crippen molar-refractivity contribution in [2.24, 2.45) is 0 Å². The van der Waals surface area contributed by atoms with Gasteiger partial charge in [0.25, 0.3) is 5.12 Å². The number of para-hydroxylation sites is 1. The summed E-state index contributed by atoms with van der Waals surface area (Å²) in [4.78, 5) is 11.2. The van der Waals surface area contributed by atoms with Crippen molar-refractivity contribution in [3.8, 4) is 0 Å². The molecular formula is C9H9NO3S. The first-order valence-electron chi connectivity index (χ1n) is 4.15. The Morgan fingerprint density at radius 3 is 2.79 bits per heavy atom. The Morgan fingerprint density at radius 2 is 2.07 bits per heavy atom. The van der Waals surface area contributed by atoms with E-state index in [-0.39, 0.29) is 11.4 Å². The minimum atomic E-state index is -3.74. The van der Waals surface area contributed by atoms with E-state index in [1.807, 2.05) is 0 Å². The van der Waals surface area contributed by atoms with Crippen LogP contribution in [0.3, 0.4) is 0 Å². The number of carbonyl (C=O) groups excluding carboxylic acids is 1. The summed E-state index contributed by atoms with van der Waals surface area (Å²) < 4.78 is 23.1.